The first-order chi connectivity index (χ1) is 14.8. The van der Waals surface area contributed by atoms with Crippen LogP contribution in [-0.4, -0.2) is 20.1 Å². The van der Waals surface area contributed by atoms with Gasteiger partial charge >= 0.3 is 0 Å². The number of benzene rings is 2. The summed E-state index contributed by atoms with van der Waals surface area (Å²) in [6.45, 7) is 5.22. The second kappa shape index (κ2) is 9.09. The predicted molar refractivity (Wildman–Crippen MR) is 122 cm³/mol. The van der Waals surface area contributed by atoms with Crippen molar-refractivity contribution in [1.29, 1.82) is 0 Å². The highest BCUT2D eigenvalue weighted by atomic mass is 32.2. The average molecular weight is 441 g/mol. The van der Waals surface area contributed by atoms with Gasteiger partial charge in [0.05, 0.1) is 7.11 Å². The molecule has 0 saturated carbocycles. The molecule has 0 radical (unpaired) electrons. The van der Waals surface area contributed by atoms with Gasteiger partial charge in [0.25, 0.3) is 15.6 Å². The molecule has 0 saturated heterocycles. The Morgan fingerprint density at radius 2 is 1.77 bits per heavy atom. The van der Waals surface area contributed by atoms with Crippen LogP contribution in [0.1, 0.15) is 12.5 Å². The maximum absolute atomic E-state index is 12.3. The van der Waals surface area contributed by atoms with Gasteiger partial charge < -0.3 is 14.0 Å². The molecular formula is C23H24N2O5S. The van der Waals surface area contributed by atoms with Gasteiger partial charge in [0.15, 0.2) is 0 Å². The number of pyridine rings is 1. The van der Waals surface area contributed by atoms with Gasteiger partial charge in [0, 0.05) is 41.0 Å². The summed E-state index contributed by atoms with van der Waals surface area (Å²) >= 11 is 0. The Hall–Kier alpha value is -3.52. The van der Waals surface area contributed by atoms with Gasteiger partial charge in [-0.25, -0.2) is 8.42 Å². The van der Waals surface area contributed by atoms with E-state index in [-0.39, 0.29) is 5.56 Å². The van der Waals surface area contributed by atoms with Gasteiger partial charge in [-0.2, -0.15) is 0 Å². The standard InChI is InChI=1S/C23H24N2O5S/c1-5-16-13-17(15-25(3)23(16)26)21-14-18(24-31(27,28)6-2)7-12-22(21)30-20-10-8-19(29-4)9-11-20/h6-15,24H,2,5H2,1,3-4H3. The summed E-state index contributed by atoms with van der Waals surface area (Å²) < 4.78 is 39.1. The van der Waals surface area contributed by atoms with Crippen LogP contribution in [0.15, 0.2) is 71.5 Å². The lowest BCUT2D eigenvalue weighted by molar-refractivity contribution is 0.413. The van der Waals surface area contributed by atoms with Crippen molar-refractivity contribution >= 4 is 15.7 Å². The number of hydrogen-bond donors (Lipinski definition) is 1. The number of sulfonamides is 1. The molecule has 0 bridgehead atoms. The van der Waals surface area contributed by atoms with Crippen molar-refractivity contribution in [1.82, 2.24) is 4.57 Å². The van der Waals surface area contributed by atoms with Crippen LogP contribution in [0.25, 0.3) is 11.1 Å². The molecule has 8 heteroatoms. The van der Waals surface area contributed by atoms with Crippen molar-refractivity contribution < 1.29 is 17.9 Å². The number of hydrogen-bond acceptors (Lipinski definition) is 5. The van der Waals surface area contributed by atoms with E-state index >= 15 is 0 Å². The molecule has 0 unspecified atom stereocenters. The van der Waals surface area contributed by atoms with E-state index in [1.807, 2.05) is 6.92 Å². The van der Waals surface area contributed by atoms with E-state index in [4.69, 9.17) is 9.47 Å². The Labute approximate surface area is 181 Å². The van der Waals surface area contributed by atoms with Crippen molar-refractivity contribution in [2.45, 2.75) is 13.3 Å². The van der Waals surface area contributed by atoms with Crippen LogP contribution in [0, 0.1) is 0 Å². The lowest BCUT2D eigenvalue weighted by Gasteiger charge is -2.15. The number of anilines is 1. The molecule has 3 rings (SSSR count). The molecule has 0 spiro atoms. The van der Waals surface area contributed by atoms with Gasteiger partial charge in [-0.05, 0) is 55.0 Å². The molecule has 0 aliphatic rings. The van der Waals surface area contributed by atoms with Crippen LogP contribution >= 0.6 is 0 Å². The highest BCUT2D eigenvalue weighted by Gasteiger charge is 2.14. The molecule has 0 fully saturated rings. The molecule has 2 aromatic carbocycles. The fourth-order valence-corrected chi connectivity index (χ4v) is 3.60. The number of nitrogens with one attached hydrogen (secondary N) is 1. The number of ether oxygens (including phenoxy) is 2. The summed E-state index contributed by atoms with van der Waals surface area (Å²) in [4.78, 5) is 12.3. The molecule has 31 heavy (non-hydrogen) atoms. The SMILES string of the molecule is C=CS(=O)(=O)Nc1ccc(Oc2ccc(OC)cc2)c(-c2cc(CC)c(=O)n(C)c2)c1. The second-order valence-corrected chi connectivity index (χ2v) is 8.45. The molecule has 7 nitrogen and oxygen atoms in total. The minimum absolute atomic E-state index is 0.0765. The van der Waals surface area contributed by atoms with Crippen molar-refractivity contribution in [3.8, 4) is 28.4 Å². The first-order valence-corrected chi connectivity index (χ1v) is 11.1. The third-order valence-electron chi connectivity index (χ3n) is 4.70. The summed E-state index contributed by atoms with van der Waals surface area (Å²) in [5.41, 5.74) is 2.27. The third kappa shape index (κ3) is 5.16. The summed E-state index contributed by atoms with van der Waals surface area (Å²) in [6.07, 6.45) is 2.27. The minimum atomic E-state index is -3.67. The molecule has 0 aliphatic heterocycles. The van der Waals surface area contributed by atoms with Gasteiger partial charge in [-0.15, -0.1) is 0 Å². The van der Waals surface area contributed by atoms with E-state index < -0.39 is 10.0 Å². The summed E-state index contributed by atoms with van der Waals surface area (Å²) in [5.74, 6) is 1.79. The monoisotopic (exact) mass is 440 g/mol. The largest absolute Gasteiger partial charge is 0.497 e. The first kappa shape index (κ1) is 22.2. The average Bonchev–Trinajstić information content (AvgIpc) is 2.77. The fourth-order valence-electron chi connectivity index (χ4n) is 3.07. The Kier molecular flexibility index (Phi) is 6.50. The van der Waals surface area contributed by atoms with Gasteiger partial charge in [0.2, 0.25) is 0 Å². The first-order valence-electron chi connectivity index (χ1n) is 9.57. The highest BCUT2D eigenvalue weighted by Crippen LogP contribution is 2.36. The number of aryl methyl sites for hydroxylation is 2. The lowest BCUT2D eigenvalue weighted by Crippen LogP contribution is -2.20. The van der Waals surface area contributed by atoms with E-state index in [0.29, 0.717) is 40.5 Å². The van der Waals surface area contributed by atoms with Crippen LogP contribution < -0.4 is 19.8 Å². The van der Waals surface area contributed by atoms with Crippen molar-refractivity contribution in [3.05, 3.63) is 82.6 Å². The molecule has 0 amide bonds. The minimum Gasteiger partial charge on any atom is -0.497 e. The highest BCUT2D eigenvalue weighted by molar-refractivity contribution is 7.95. The number of aromatic nitrogens is 1. The van der Waals surface area contributed by atoms with E-state index in [9.17, 15) is 13.2 Å². The molecule has 0 aliphatic carbocycles. The zero-order valence-electron chi connectivity index (χ0n) is 17.6. The van der Waals surface area contributed by atoms with Gasteiger partial charge in [-0.3, -0.25) is 9.52 Å². The molecule has 1 aromatic heterocycles. The summed E-state index contributed by atoms with van der Waals surface area (Å²) in [5, 5.41) is 0.843. The van der Waals surface area contributed by atoms with Crippen LogP contribution in [0.3, 0.4) is 0 Å². The Morgan fingerprint density at radius 3 is 2.39 bits per heavy atom. The number of rotatable bonds is 8. The van der Waals surface area contributed by atoms with Crippen LogP contribution in [0.4, 0.5) is 5.69 Å². The zero-order chi connectivity index (χ0) is 22.6. The zero-order valence-corrected chi connectivity index (χ0v) is 18.4. The van der Waals surface area contributed by atoms with Crippen LogP contribution in [0.2, 0.25) is 0 Å². The number of methoxy groups -OCH3 is 1. The molecule has 162 valence electrons. The molecule has 1 heterocycles. The molecular weight excluding hydrogens is 416 g/mol. The summed E-state index contributed by atoms with van der Waals surface area (Å²) in [6, 6.07) is 13.9. The maximum atomic E-state index is 12.3. The number of nitrogens with zero attached hydrogens (tertiary/aromatic N) is 1. The van der Waals surface area contributed by atoms with E-state index in [1.165, 1.54) is 4.57 Å². The Morgan fingerprint density at radius 1 is 1.10 bits per heavy atom. The van der Waals surface area contributed by atoms with Crippen molar-refractivity contribution in [3.63, 3.8) is 0 Å². The van der Waals surface area contributed by atoms with Crippen molar-refractivity contribution in [2.75, 3.05) is 11.8 Å². The molecule has 0 atom stereocenters. The quantitative estimate of drug-likeness (QED) is 0.564. The van der Waals surface area contributed by atoms with Crippen LogP contribution in [-0.2, 0) is 23.5 Å². The topological polar surface area (TPSA) is 86.6 Å². The molecule has 3 aromatic rings. The maximum Gasteiger partial charge on any atom is 0.254 e. The lowest BCUT2D eigenvalue weighted by atomic mass is 10.0. The van der Waals surface area contributed by atoms with E-state index in [0.717, 1.165) is 11.0 Å². The molecule has 1 N–H and O–H groups in total. The third-order valence-corrected chi connectivity index (χ3v) is 5.65. The Balaban J connectivity index is 2.12. The van der Waals surface area contributed by atoms with Crippen LogP contribution in [0.5, 0.6) is 17.2 Å². The normalized spacial score (nSPS) is 11.1. The summed E-state index contributed by atoms with van der Waals surface area (Å²) in [7, 11) is -0.410. The Bertz CT molecular complexity index is 1260. The predicted octanol–water partition coefficient (Wildman–Crippen LogP) is 4.30. The smallest absolute Gasteiger partial charge is 0.254 e. The van der Waals surface area contributed by atoms with Gasteiger partial charge in [0.1, 0.15) is 17.2 Å². The second-order valence-electron chi connectivity index (χ2n) is 6.83. The van der Waals surface area contributed by atoms with E-state index in [2.05, 4.69) is 11.3 Å². The fraction of sp³-hybridized carbons (Fsp3) is 0.174. The van der Waals surface area contributed by atoms with E-state index in [1.54, 1.807) is 68.9 Å². The van der Waals surface area contributed by atoms with Gasteiger partial charge in [-0.1, -0.05) is 13.5 Å². The van der Waals surface area contributed by atoms with Crippen molar-refractivity contribution in [2.24, 2.45) is 7.05 Å².